The Morgan fingerprint density at radius 2 is 1.95 bits per heavy atom. The summed E-state index contributed by atoms with van der Waals surface area (Å²) in [6.07, 6.45) is 6.26. The van der Waals surface area contributed by atoms with E-state index in [9.17, 15) is 0 Å². The molecule has 4 nitrogen and oxygen atoms in total. The Bertz CT molecular complexity index is 245. The molecule has 1 unspecified atom stereocenters. The van der Waals surface area contributed by atoms with E-state index in [0.717, 1.165) is 25.6 Å². The molecule has 0 aromatic heterocycles. The number of thioether (sulfide) groups is 1. The molecular formula is C13H29IN4S. The molecule has 0 radical (unpaired) electrons. The van der Waals surface area contributed by atoms with Gasteiger partial charge in [-0.3, -0.25) is 4.99 Å². The van der Waals surface area contributed by atoms with Crippen LogP contribution in [0.4, 0.5) is 0 Å². The Hall–Kier alpha value is 0.310. The molecule has 114 valence electrons. The fraction of sp³-hybridized carbons (Fsp3) is 0.923. The quantitative estimate of drug-likeness (QED) is 0.407. The lowest BCUT2D eigenvalue weighted by atomic mass is 10.1. The first-order chi connectivity index (χ1) is 8.76. The first kappa shape index (κ1) is 19.3. The van der Waals surface area contributed by atoms with E-state index >= 15 is 0 Å². The van der Waals surface area contributed by atoms with Gasteiger partial charge in [-0.05, 0) is 32.2 Å². The molecule has 2 N–H and O–H groups in total. The molecule has 1 heterocycles. The van der Waals surface area contributed by atoms with Crippen LogP contribution in [0.1, 0.15) is 26.2 Å². The largest absolute Gasteiger partial charge is 0.355 e. The molecule has 19 heavy (non-hydrogen) atoms. The standard InChI is InChI=1S/C13H28N4S.HI/c1-12(18-3)11-16-13(14-2)15-7-10-17-8-5-4-6-9-17;/h12H,4-11H2,1-3H3,(H2,14,15,16);1H. The fourth-order valence-electron chi connectivity index (χ4n) is 2.06. The lowest BCUT2D eigenvalue weighted by Gasteiger charge is -2.26. The Balaban J connectivity index is 0.00000324. The molecule has 0 aliphatic carbocycles. The van der Waals surface area contributed by atoms with Crippen LogP contribution in [0, 0.1) is 0 Å². The Kier molecular flexibility index (Phi) is 12.3. The van der Waals surface area contributed by atoms with Gasteiger partial charge in [-0.1, -0.05) is 13.3 Å². The number of piperidine rings is 1. The summed E-state index contributed by atoms with van der Waals surface area (Å²) < 4.78 is 0. The molecule has 0 amide bonds. The van der Waals surface area contributed by atoms with E-state index in [1.165, 1.54) is 32.4 Å². The van der Waals surface area contributed by atoms with Gasteiger partial charge in [-0.25, -0.2) is 0 Å². The van der Waals surface area contributed by atoms with Crippen LogP contribution in [0.2, 0.25) is 0 Å². The third-order valence-corrected chi connectivity index (χ3v) is 4.32. The van der Waals surface area contributed by atoms with Gasteiger partial charge in [-0.2, -0.15) is 11.8 Å². The number of guanidine groups is 1. The molecule has 1 atom stereocenters. The van der Waals surface area contributed by atoms with Gasteiger partial charge in [0.1, 0.15) is 0 Å². The van der Waals surface area contributed by atoms with Crippen molar-refractivity contribution in [1.29, 1.82) is 0 Å². The third-order valence-electron chi connectivity index (χ3n) is 3.35. The van der Waals surface area contributed by atoms with Crippen molar-refractivity contribution in [1.82, 2.24) is 15.5 Å². The van der Waals surface area contributed by atoms with Crippen molar-refractivity contribution in [3.63, 3.8) is 0 Å². The number of hydrogen-bond acceptors (Lipinski definition) is 3. The molecule has 6 heteroatoms. The van der Waals surface area contributed by atoms with Crippen LogP contribution in [0.15, 0.2) is 4.99 Å². The normalized spacial score (nSPS) is 18.6. The van der Waals surface area contributed by atoms with Crippen LogP contribution in [0.5, 0.6) is 0 Å². The Morgan fingerprint density at radius 3 is 2.53 bits per heavy atom. The Labute approximate surface area is 139 Å². The zero-order valence-electron chi connectivity index (χ0n) is 12.4. The smallest absolute Gasteiger partial charge is 0.191 e. The molecule has 1 saturated heterocycles. The monoisotopic (exact) mass is 400 g/mol. The van der Waals surface area contributed by atoms with E-state index < -0.39 is 0 Å². The van der Waals surface area contributed by atoms with Gasteiger partial charge < -0.3 is 15.5 Å². The highest BCUT2D eigenvalue weighted by molar-refractivity contribution is 14.0. The average Bonchev–Trinajstić information content (AvgIpc) is 2.43. The molecule has 1 aliphatic rings. The van der Waals surface area contributed by atoms with Gasteiger partial charge in [-0.15, -0.1) is 24.0 Å². The fourth-order valence-corrected chi connectivity index (χ4v) is 2.31. The van der Waals surface area contributed by atoms with Crippen molar-refractivity contribution in [2.45, 2.75) is 31.4 Å². The minimum absolute atomic E-state index is 0. The van der Waals surface area contributed by atoms with Crippen LogP contribution in [-0.2, 0) is 0 Å². The zero-order valence-corrected chi connectivity index (χ0v) is 15.6. The summed E-state index contributed by atoms with van der Waals surface area (Å²) in [5.74, 6) is 0.924. The second kappa shape index (κ2) is 12.1. The molecule has 0 saturated carbocycles. The number of rotatable bonds is 6. The number of likely N-dealkylation sites (tertiary alicyclic amines) is 1. The van der Waals surface area contributed by atoms with Crippen LogP contribution >= 0.6 is 35.7 Å². The number of hydrogen-bond donors (Lipinski definition) is 2. The molecule has 1 rings (SSSR count). The van der Waals surface area contributed by atoms with Crippen molar-refractivity contribution in [3.05, 3.63) is 0 Å². The zero-order chi connectivity index (χ0) is 13.2. The molecule has 0 bridgehead atoms. The summed E-state index contributed by atoms with van der Waals surface area (Å²) in [6, 6.07) is 0. The predicted molar refractivity (Wildman–Crippen MR) is 98.0 cm³/mol. The highest BCUT2D eigenvalue weighted by Crippen LogP contribution is 2.07. The summed E-state index contributed by atoms with van der Waals surface area (Å²) in [6.45, 7) is 7.81. The van der Waals surface area contributed by atoms with Gasteiger partial charge in [0.2, 0.25) is 0 Å². The molecule has 1 aliphatic heterocycles. The van der Waals surface area contributed by atoms with E-state index in [2.05, 4.69) is 33.7 Å². The SMILES string of the molecule is CN=C(NCCN1CCCCC1)NCC(C)SC.I. The number of nitrogens with one attached hydrogen (secondary N) is 2. The van der Waals surface area contributed by atoms with E-state index in [-0.39, 0.29) is 24.0 Å². The van der Waals surface area contributed by atoms with Crippen molar-refractivity contribution in [2.24, 2.45) is 4.99 Å². The average molecular weight is 400 g/mol. The minimum Gasteiger partial charge on any atom is -0.355 e. The summed E-state index contributed by atoms with van der Waals surface area (Å²) in [4.78, 5) is 6.78. The van der Waals surface area contributed by atoms with Gasteiger partial charge >= 0.3 is 0 Å². The maximum Gasteiger partial charge on any atom is 0.191 e. The summed E-state index contributed by atoms with van der Waals surface area (Å²) in [5, 5.41) is 7.36. The van der Waals surface area contributed by atoms with Gasteiger partial charge in [0.15, 0.2) is 5.96 Å². The Morgan fingerprint density at radius 1 is 1.26 bits per heavy atom. The summed E-state index contributed by atoms with van der Waals surface area (Å²) in [7, 11) is 1.83. The second-order valence-corrected chi connectivity index (χ2v) is 6.10. The van der Waals surface area contributed by atoms with Gasteiger partial charge in [0.05, 0.1) is 0 Å². The predicted octanol–water partition coefficient (Wildman–Crippen LogP) is 2.01. The van der Waals surface area contributed by atoms with Gasteiger partial charge in [0.25, 0.3) is 0 Å². The van der Waals surface area contributed by atoms with Crippen LogP contribution < -0.4 is 10.6 Å². The van der Waals surface area contributed by atoms with Crippen molar-refractivity contribution < 1.29 is 0 Å². The van der Waals surface area contributed by atoms with E-state index in [4.69, 9.17) is 0 Å². The third kappa shape index (κ3) is 8.96. The highest BCUT2D eigenvalue weighted by Gasteiger charge is 2.09. The number of halogens is 1. The van der Waals surface area contributed by atoms with Crippen LogP contribution in [0.25, 0.3) is 0 Å². The maximum atomic E-state index is 4.24. The first-order valence-electron chi connectivity index (χ1n) is 6.96. The van der Waals surface area contributed by atoms with Crippen LogP contribution in [-0.4, -0.2) is 62.1 Å². The topological polar surface area (TPSA) is 39.7 Å². The molecule has 0 aromatic carbocycles. The molecule has 0 aromatic rings. The molecule has 1 fully saturated rings. The number of aliphatic imine (C=N–C) groups is 1. The van der Waals surface area contributed by atoms with Crippen LogP contribution in [0.3, 0.4) is 0 Å². The first-order valence-corrected chi connectivity index (χ1v) is 8.24. The minimum atomic E-state index is 0. The highest BCUT2D eigenvalue weighted by atomic mass is 127. The second-order valence-electron chi connectivity index (χ2n) is 4.83. The van der Waals surface area contributed by atoms with E-state index in [1.54, 1.807) is 0 Å². The van der Waals surface area contributed by atoms with Crippen molar-refractivity contribution in [3.8, 4) is 0 Å². The summed E-state index contributed by atoms with van der Waals surface area (Å²) >= 11 is 1.87. The lowest BCUT2D eigenvalue weighted by molar-refractivity contribution is 0.232. The van der Waals surface area contributed by atoms with Gasteiger partial charge in [0, 0.05) is 31.9 Å². The summed E-state index contributed by atoms with van der Waals surface area (Å²) in [5.41, 5.74) is 0. The number of nitrogens with zero attached hydrogens (tertiary/aromatic N) is 2. The maximum absolute atomic E-state index is 4.24. The van der Waals surface area contributed by atoms with E-state index in [1.807, 2.05) is 18.8 Å². The van der Waals surface area contributed by atoms with E-state index in [0.29, 0.717) is 5.25 Å². The lowest BCUT2D eigenvalue weighted by Crippen LogP contribution is -2.44. The molecular weight excluding hydrogens is 371 g/mol. The van der Waals surface area contributed by atoms with Crippen molar-refractivity contribution in [2.75, 3.05) is 46.0 Å². The molecule has 0 spiro atoms. The van der Waals surface area contributed by atoms with Crippen molar-refractivity contribution >= 4 is 41.7 Å².